The fourth-order valence-electron chi connectivity index (χ4n) is 1.90. The fourth-order valence-corrected chi connectivity index (χ4v) is 1.90. The molecule has 5 nitrogen and oxygen atoms in total. The zero-order chi connectivity index (χ0) is 15.2. The molecule has 0 aliphatic heterocycles. The summed E-state index contributed by atoms with van der Waals surface area (Å²) in [5.41, 5.74) is 0.822. The van der Waals surface area contributed by atoms with Gasteiger partial charge in [0.2, 0.25) is 0 Å². The lowest BCUT2D eigenvalue weighted by Gasteiger charge is -2.13. The number of benzene rings is 2. The van der Waals surface area contributed by atoms with Gasteiger partial charge < -0.3 is 20.3 Å². The summed E-state index contributed by atoms with van der Waals surface area (Å²) >= 11 is 0. The van der Waals surface area contributed by atoms with E-state index in [1.54, 1.807) is 18.2 Å². The lowest BCUT2D eigenvalue weighted by molar-refractivity contribution is 0.0913. The minimum atomic E-state index is -0.803. The predicted molar refractivity (Wildman–Crippen MR) is 78.4 cm³/mol. The van der Waals surface area contributed by atoms with E-state index in [4.69, 9.17) is 4.74 Å². The van der Waals surface area contributed by atoms with Crippen LogP contribution in [0, 0.1) is 0 Å². The van der Waals surface area contributed by atoms with Crippen LogP contribution >= 0.6 is 0 Å². The van der Waals surface area contributed by atoms with Crippen molar-refractivity contribution >= 4 is 5.91 Å². The number of hydrogen-bond acceptors (Lipinski definition) is 4. The third-order valence-electron chi connectivity index (χ3n) is 3.09. The predicted octanol–water partition coefficient (Wildman–Crippen LogP) is 1.86. The van der Waals surface area contributed by atoms with Gasteiger partial charge in [-0.05, 0) is 23.8 Å². The normalized spacial score (nSPS) is 11.7. The van der Waals surface area contributed by atoms with Crippen molar-refractivity contribution in [1.82, 2.24) is 5.32 Å². The zero-order valence-electron chi connectivity index (χ0n) is 11.6. The van der Waals surface area contributed by atoms with Crippen molar-refractivity contribution < 1.29 is 19.7 Å². The van der Waals surface area contributed by atoms with Gasteiger partial charge in [0.1, 0.15) is 11.5 Å². The summed E-state index contributed by atoms with van der Waals surface area (Å²) in [6.45, 7) is 0.0551. The first kappa shape index (κ1) is 14.9. The number of aromatic hydroxyl groups is 1. The van der Waals surface area contributed by atoms with E-state index in [0.717, 1.165) is 0 Å². The molecule has 0 saturated heterocycles. The van der Waals surface area contributed by atoms with Gasteiger partial charge in [0.25, 0.3) is 5.91 Å². The van der Waals surface area contributed by atoms with Crippen LogP contribution in [0.3, 0.4) is 0 Å². The van der Waals surface area contributed by atoms with Gasteiger partial charge in [-0.3, -0.25) is 4.79 Å². The number of aliphatic hydroxyl groups excluding tert-OH is 1. The average Bonchev–Trinajstić information content (AvgIpc) is 2.53. The van der Waals surface area contributed by atoms with Gasteiger partial charge in [0.15, 0.2) is 0 Å². The van der Waals surface area contributed by atoms with E-state index < -0.39 is 12.0 Å². The number of carbonyl (C=O) groups is 1. The first-order valence-electron chi connectivity index (χ1n) is 6.50. The van der Waals surface area contributed by atoms with E-state index in [1.807, 2.05) is 18.2 Å². The van der Waals surface area contributed by atoms with Crippen molar-refractivity contribution in [2.45, 2.75) is 6.10 Å². The maximum absolute atomic E-state index is 12.0. The molecule has 1 atom stereocenters. The highest BCUT2D eigenvalue weighted by molar-refractivity contribution is 5.97. The van der Waals surface area contributed by atoms with E-state index in [-0.39, 0.29) is 17.9 Å². The summed E-state index contributed by atoms with van der Waals surface area (Å²) in [6, 6.07) is 13.4. The Hall–Kier alpha value is -2.53. The molecule has 0 aromatic heterocycles. The second-order valence-corrected chi connectivity index (χ2v) is 4.52. The number of carbonyl (C=O) groups excluding carboxylic acids is 1. The molecular formula is C16H17NO4. The Morgan fingerprint density at radius 2 is 1.95 bits per heavy atom. The van der Waals surface area contributed by atoms with Gasteiger partial charge in [-0.25, -0.2) is 0 Å². The lowest BCUT2D eigenvalue weighted by Crippen LogP contribution is -2.28. The van der Waals surface area contributed by atoms with Crippen molar-refractivity contribution in [3.05, 3.63) is 59.7 Å². The Morgan fingerprint density at radius 1 is 1.24 bits per heavy atom. The first-order chi connectivity index (χ1) is 10.1. The maximum Gasteiger partial charge on any atom is 0.255 e. The van der Waals surface area contributed by atoms with Crippen molar-refractivity contribution in [1.29, 1.82) is 0 Å². The number of methoxy groups -OCH3 is 1. The average molecular weight is 287 g/mol. The highest BCUT2D eigenvalue weighted by Gasteiger charge is 2.14. The summed E-state index contributed by atoms with van der Waals surface area (Å²) in [6.07, 6.45) is -0.803. The number of aliphatic hydroxyl groups is 1. The molecule has 1 unspecified atom stereocenters. The molecule has 0 aliphatic carbocycles. The first-order valence-corrected chi connectivity index (χ1v) is 6.50. The highest BCUT2D eigenvalue weighted by Crippen LogP contribution is 2.22. The summed E-state index contributed by atoms with van der Waals surface area (Å²) < 4.78 is 5.01. The summed E-state index contributed by atoms with van der Waals surface area (Å²) in [5, 5.41) is 22.3. The summed E-state index contributed by atoms with van der Waals surface area (Å²) in [5.74, 6) is -0.134. The van der Waals surface area contributed by atoms with E-state index >= 15 is 0 Å². The monoisotopic (exact) mass is 287 g/mol. The molecule has 2 aromatic rings. The fraction of sp³-hybridized carbons (Fsp3) is 0.188. The number of phenolic OH excluding ortho intramolecular Hbond substituents is 1. The van der Waals surface area contributed by atoms with Crippen LogP contribution < -0.4 is 10.1 Å². The molecule has 0 aliphatic rings. The Labute approximate surface area is 122 Å². The van der Waals surface area contributed by atoms with Gasteiger partial charge in [-0.1, -0.05) is 30.3 Å². The largest absolute Gasteiger partial charge is 0.507 e. The van der Waals surface area contributed by atoms with Crippen LogP contribution in [-0.4, -0.2) is 29.8 Å². The molecule has 0 spiro atoms. The maximum atomic E-state index is 12.0. The molecule has 0 fully saturated rings. The van der Waals surface area contributed by atoms with Crippen LogP contribution in [0.5, 0.6) is 11.5 Å². The molecule has 0 saturated carbocycles. The second kappa shape index (κ2) is 6.76. The number of nitrogens with one attached hydrogen (secondary N) is 1. The van der Waals surface area contributed by atoms with Crippen LogP contribution in [0.1, 0.15) is 22.0 Å². The van der Waals surface area contributed by atoms with E-state index in [1.165, 1.54) is 19.2 Å². The Balaban J connectivity index is 2.02. The van der Waals surface area contributed by atoms with E-state index in [0.29, 0.717) is 11.3 Å². The molecule has 3 N–H and O–H groups in total. The Bertz CT molecular complexity index is 613. The van der Waals surface area contributed by atoms with Crippen molar-refractivity contribution in [3.8, 4) is 11.5 Å². The van der Waals surface area contributed by atoms with Crippen molar-refractivity contribution in [2.24, 2.45) is 0 Å². The van der Waals surface area contributed by atoms with Gasteiger partial charge in [0, 0.05) is 6.54 Å². The molecule has 1 amide bonds. The third kappa shape index (κ3) is 3.73. The lowest BCUT2D eigenvalue weighted by atomic mass is 10.1. The van der Waals surface area contributed by atoms with Gasteiger partial charge in [-0.2, -0.15) is 0 Å². The molecule has 5 heteroatoms. The minimum absolute atomic E-state index is 0.0551. The van der Waals surface area contributed by atoms with Crippen molar-refractivity contribution in [2.75, 3.05) is 13.7 Å². The Morgan fingerprint density at radius 3 is 2.62 bits per heavy atom. The Kier molecular flexibility index (Phi) is 4.79. The standard InChI is InChI=1S/C16H17NO4/c1-21-12-7-8-14(18)13(9-12)16(20)17-10-15(19)11-5-3-2-4-6-11/h2-9,15,18-19H,10H2,1H3,(H,17,20). The molecule has 110 valence electrons. The SMILES string of the molecule is COc1ccc(O)c(C(=O)NCC(O)c2ccccc2)c1. The number of hydrogen-bond donors (Lipinski definition) is 3. The highest BCUT2D eigenvalue weighted by atomic mass is 16.5. The molecule has 0 bridgehead atoms. The zero-order valence-corrected chi connectivity index (χ0v) is 11.6. The van der Waals surface area contributed by atoms with Crippen LogP contribution in [0.15, 0.2) is 48.5 Å². The molecule has 2 aromatic carbocycles. The topological polar surface area (TPSA) is 78.8 Å². The van der Waals surface area contributed by atoms with Gasteiger partial charge >= 0.3 is 0 Å². The smallest absolute Gasteiger partial charge is 0.255 e. The summed E-state index contributed by atoms with van der Waals surface area (Å²) in [7, 11) is 1.48. The number of phenols is 1. The van der Waals surface area contributed by atoms with Gasteiger partial charge in [0.05, 0.1) is 18.8 Å². The minimum Gasteiger partial charge on any atom is -0.507 e. The number of ether oxygens (including phenoxy) is 1. The number of rotatable bonds is 5. The number of amides is 1. The molecule has 21 heavy (non-hydrogen) atoms. The van der Waals surface area contributed by atoms with Crippen LogP contribution in [0.4, 0.5) is 0 Å². The molecule has 0 radical (unpaired) electrons. The van der Waals surface area contributed by atoms with Crippen molar-refractivity contribution in [3.63, 3.8) is 0 Å². The van der Waals surface area contributed by atoms with Crippen LogP contribution in [0.2, 0.25) is 0 Å². The summed E-state index contributed by atoms with van der Waals surface area (Å²) in [4.78, 5) is 12.0. The quantitative estimate of drug-likeness (QED) is 0.784. The third-order valence-corrected chi connectivity index (χ3v) is 3.09. The van der Waals surface area contributed by atoms with Crippen LogP contribution in [-0.2, 0) is 0 Å². The van der Waals surface area contributed by atoms with Crippen LogP contribution in [0.25, 0.3) is 0 Å². The molecular weight excluding hydrogens is 270 g/mol. The molecule has 2 rings (SSSR count). The van der Waals surface area contributed by atoms with E-state index in [9.17, 15) is 15.0 Å². The molecule has 0 heterocycles. The van der Waals surface area contributed by atoms with E-state index in [2.05, 4.69) is 5.32 Å². The second-order valence-electron chi connectivity index (χ2n) is 4.52. The van der Waals surface area contributed by atoms with Gasteiger partial charge in [-0.15, -0.1) is 0 Å².